The molecule has 0 bridgehead atoms. The molecule has 1 rings (SSSR count). The van der Waals surface area contributed by atoms with Gasteiger partial charge in [0.15, 0.2) is 6.42 Å². The van der Waals surface area contributed by atoms with Gasteiger partial charge < -0.3 is 4.74 Å². The lowest BCUT2D eigenvalue weighted by molar-refractivity contribution is -0.135. The quantitative estimate of drug-likeness (QED) is 0.309. The Balaban J connectivity index is 2.37. The maximum absolute atomic E-state index is 9.97. The van der Waals surface area contributed by atoms with Crippen LogP contribution in [0.5, 0.6) is 0 Å². The standard InChI is InChI=1S/C4H5O2/c5-4-2-1-3-6-4/h2H,1,3H2/q+1. The van der Waals surface area contributed by atoms with Gasteiger partial charge in [0.05, 0.1) is 0 Å². The number of carbonyl (C=O) groups is 1. The minimum Gasteiger partial charge on any atom is -0.425 e. The molecule has 0 unspecified atom stereocenters. The maximum Gasteiger partial charge on any atom is 0.496 e. The van der Waals surface area contributed by atoms with Gasteiger partial charge in [-0.25, -0.2) is 0 Å². The van der Waals surface area contributed by atoms with Gasteiger partial charge in [0.25, 0.3) is 0 Å². The van der Waals surface area contributed by atoms with Crippen molar-refractivity contribution in [3.63, 3.8) is 0 Å². The van der Waals surface area contributed by atoms with Crippen molar-refractivity contribution in [1.82, 2.24) is 0 Å². The molecule has 0 saturated carbocycles. The van der Waals surface area contributed by atoms with Crippen LogP contribution in [0.15, 0.2) is 0 Å². The third kappa shape index (κ3) is 0.455. The molecule has 2 heteroatoms. The molecule has 2 nitrogen and oxygen atoms in total. The van der Waals surface area contributed by atoms with Crippen molar-refractivity contribution in [3.8, 4) is 0 Å². The minimum atomic E-state index is -0.171. The van der Waals surface area contributed by atoms with Crippen molar-refractivity contribution in [3.05, 3.63) is 6.42 Å². The first kappa shape index (κ1) is 3.53. The van der Waals surface area contributed by atoms with Crippen molar-refractivity contribution < 1.29 is 9.53 Å². The molecule has 0 aromatic rings. The normalized spacial score (nSPS) is 19.7. The zero-order valence-electron chi connectivity index (χ0n) is 3.31. The molecule has 0 spiro atoms. The molecular formula is C4H5O2+. The highest BCUT2D eigenvalue weighted by atomic mass is 16.5. The van der Waals surface area contributed by atoms with Gasteiger partial charge in [-0.05, 0) is 0 Å². The Morgan fingerprint density at radius 1 is 1.83 bits per heavy atom. The summed E-state index contributed by atoms with van der Waals surface area (Å²) < 4.78 is 4.46. The van der Waals surface area contributed by atoms with E-state index >= 15 is 0 Å². The Hall–Kier alpha value is -0.660. The van der Waals surface area contributed by atoms with E-state index in [1.165, 1.54) is 0 Å². The van der Waals surface area contributed by atoms with Gasteiger partial charge in [-0.1, -0.05) is 0 Å². The molecule has 1 heterocycles. The second kappa shape index (κ2) is 1.20. The Bertz CT molecular complexity index is 59.9. The van der Waals surface area contributed by atoms with Gasteiger partial charge in [-0.3, -0.25) is 0 Å². The van der Waals surface area contributed by atoms with E-state index in [4.69, 9.17) is 0 Å². The molecule has 0 radical (unpaired) electrons. The highest BCUT2D eigenvalue weighted by molar-refractivity contribution is 5.80. The number of ether oxygens (including phenoxy) is 1. The van der Waals surface area contributed by atoms with Crippen LogP contribution in [0.2, 0.25) is 0 Å². The van der Waals surface area contributed by atoms with Gasteiger partial charge >= 0.3 is 5.97 Å². The van der Waals surface area contributed by atoms with Crippen LogP contribution in [0.25, 0.3) is 0 Å². The summed E-state index contributed by atoms with van der Waals surface area (Å²) in [7, 11) is 0. The van der Waals surface area contributed by atoms with Crippen molar-refractivity contribution in [2.75, 3.05) is 6.61 Å². The summed E-state index contributed by atoms with van der Waals surface area (Å²) in [4.78, 5) is 9.97. The van der Waals surface area contributed by atoms with Crippen molar-refractivity contribution in [1.29, 1.82) is 0 Å². The summed E-state index contributed by atoms with van der Waals surface area (Å²) in [5.74, 6) is -0.171. The summed E-state index contributed by atoms with van der Waals surface area (Å²) in [5, 5.41) is 0. The summed E-state index contributed by atoms with van der Waals surface area (Å²) in [6.45, 7) is 0.582. The van der Waals surface area contributed by atoms with Gasteiger partial charge in [-0.15, -0.1) is 0 Å². The molecule has 0 N–H and O–H groups in total. The largest absolute Gasteiger partial charge is 0.496 e. The Morgan fingerprint density at radius 2 is 2.67 bits per heavy atom. The monoisotopic (exact) mass is 85.0 g/mol. The number of hydrogen-bond donors (Lipinski definition) is 0. The third-order valence-electron chi connectivity index (χ3n) is 0.673. The van der Waals surface area contributed by atoms with E-state index < -0.39 is 0 Å². The average molecular weight is 85.1 g/mol. The molecule has 6 heavy (non-hydrogen) atoms. The second-order valence-corrected chi connectivity index (χ2v) is 1.16. The first-order chi connectivity index (χ1) is 2.89. The Morgan fingerprint density at radius 3 is 2.83 bits per heavy atom. The molecule has 0 atom stereocenters. The van der Waals surface area contributed by atoms with Gasteiger partial charge in [-0.2, -0.15) is 4.79 Å². The lowest BCUT2D eigenvalue weighted by Crippen LogP contribution is -1.89. The number of esters is 1. The Labute approximate surface area is 36.1 Å². The average Bonchev–Trinajstić information content (AvgIpc) is 1.86. The van der Waals surface area contributed by atoms with Crippen LogP contribution in [-0.4, -0.2) is 12.6 Å². The highest BCUT2D eigenvalue weighted by Gasteiger charge is 2.21. The molecule has 0 aromatic heterocycles. The lowest BCUT2D eigenvalue weighted by Gasteiger charge is -1.73. The molecule has 0 aromatic carbocycles. The number of hydrogen-bond acceptors (Lipinski definition) is 2. The molecule has 1 aliphatic rings. The van der Waals surface area contributed by atoms with E-state index in [1.807, 2.05) is 0 Å². The Kier molecular flexibility index (Phi) is 0.708. The summed E-state index contributed by atoms with van der Waals surface area (Å²) in [6.07, 6.45) is 2.33. The SMILES string of the molecule is O=C1[CH+]CCO1. The minimum absolute atomic E-state index is 0.171. The van der Waals surface area contributed by atoms with E-state index in [1.54, 1.807) is 6.42 Å². The van der Waals surface area contributed by atoms with E-state index in [2.05, 4.69) is 4.74 Å². The van der Waals surface area contributed by atoms with E-state index in [9.17, 15) is 4.79 Å². The predicted octanol–water partition coefficient (Wildman–Crippen LogP) is 0.138. The molecule has 0 amide bonds. The van der Waals surface area contributed by atoms with Gasteiger partial charge in [0.1, 0.15) is 13.0 Å². The zero-order valence-corrected chi connectivity index (χ0v) is 3.31. The van der Waals surface area contributed by atoms with Crippen LogP contribution >= 0.6 is 0 Å². The first-order valence-electron chi connectivity index (χ1n) is 1.89. The first-order valence-corrected chi connectivity index (χ1v) is 1.89. The molecule has 1 fully saturated rings. The van der Waals surface area contributed by atoms with Crippen molar-refractivity contribution in [2.24, 2.45) is 0 Å². The van der Waals surface area contributed by atoms with Gasteiger partial charge in [0, 0.05) is 0 Å². The molecule has 1 saturated heterocycles. The van der Waals surface area contributed by atoms with E-state index in [0.717, 1.165) is 6.42 Å². The highest BCUT2D eigenvalue weighted by Crippen LogP contribution is 1.99. The van der Waals surface area contributed by atoms with Crippen LogP contribution in [0, 0.1) is 6.42 Å². The zero-order chi connectivity index (χ0) is 4.41. The summed E-state index contributed by atoms with van der Waals surface area (Å²) >= 11 is 0. The van der Waals surface area contributed by atoms with Crippen molar-refractivity contribution >= 4 is 5.97 Å². The number of rotatable bonds is 0. The van der Waals surface area contributed by atoms with E-state index in [-0.39, 0.29) is 5.97 Å². The summed E-state index contributed by atoms with van der Waals surface area (Å²) in [5.41, 5.74) is 0. The summed E-state index contributed by atoms with van der Waals surface area (Å²) in [6, 6.07) is 0. The predicted molar refractivity (Wildman–Crippen MR) is 19.9 cm³/mol. The van der Waals surface area contributed by atoms with Crippen LogP contribution in [0.4, 0.5) is 0 Å². The van der Waals surface area contributed by atoms with Crippen LogP contribution in [0.1, 0.15) is 6.42 Å². The number of carbonyl (C=O) groups excluding carboxylic acids is 1. The fourth-order valence-corrected chi connectivity index (χ4v) is 0.395. The second-order valence-electron chi connectivity index (χ2n) is 1.16. The molecular weight excluding hydrogens is 80.0 g/mol. The maximum atomic E-state index is 9.97. The van der Waals surface area contributed by atoms with E-state index in [0.29, 0.717) is 6.61 Å². The third-order valence-corrected chi connectivity index (χ3v) is 0.673. The molecule has 1 aliphatic heterocycles. The van der Waals surface area contributed by atoms with Crippen LogP contribution < -0.4 is 0 Å². The lowest BCUT2D eigenvalue weighted by atomic mass is 10.4. The van der Waals surface area contributed by atoms with Gasteiger partial charge in [0.2, 0.25) is 0 Å². The molecule has 32 valence electrons. The van der Waals surface area contributed by atoms with Crippen LogP contribution in [0.3, 0.4) is 0 Å². The fraction of sp³-hybridized carbons (Fsp3) is 0.500. The number of cyclic esters (lactones) is 1. The molecule has 0 aliphatic carbocycles. The topological polar surface area (TPSA) is 26.3 Å². The smallest absolute Gasteiger partial charge is 0.425 e. The fourth-order valence-electron chi connectivity index (χ4n) is 0.395. The van der Waals surface area contributed by atoms with Crippen molar-refractivity contribution in [2.45, 2.75) is 6.42 Å². The van der Waals surface area contributed by atoms with Crippen LogP contribution in [-0.2, 0) is 9.53 Å².